The lowest BCUT2D eigenvalue weighted by Crippen LogP contribution is -2.26. The molecule has 2 aromatic rings. The molecule has 94 valence electrons. The van der Waals surface area contributed by atoms with Gasteiger partial charge in [0.2, 0.25) is 0 Å². The van der Waals surface area contributed by atoms with Crippen molar-refractivity contribution >= 4 is 5.91 Å². The minimum atomic E-state index is -0.0753. The van der Waals surface area contributed by atoms with E-state index in [1.165, 1.54) is 0 Å². The van der Waals surface area contributed by atoms with E-state index in [-0.39, 0.29) is 5.91 Å². The van der Waals surface area contributed by atoms with Gasteiger partial charge in [-0.05, 0) is 18.2 Å². The van der Waals surface area contributed by atoms with E-state index in [2.05, 4.69) is 0 Å². The summed E-state index contributed by atoms with van der Waals surface area (Å²) in [6.07, 6.45) is 3.22. The SMILES string of the molecule is COc1ccccc1C(=O)N(C)Cc1ccoc1. The molecular weight excluding hydrogens is 230 g/mol. The first-order chi connectivity index (χ1) is 8.72. The largest absolute Gasteiger partial charge is 0.496 e. The third-order valence-corrected chi connectivity index (χ3v) is 2.68. The fourth-order valence-corrected chi connectivity index (χ4v) is 1.76. The molecule has 18 heavy (non-hydrogen) atoms. The number of carbonyl (C=O) groups excluding carboxylic acids is 1. The first-order valence-electron chi connectivity index (χ1n) is 5.62. The number of benzene rings is 1. The van der Waals surface area contributed by atoms with Crippen LogP contribution < -0.4 is 4.74 Å². The highest BCUT2D eigenvalue weighted by Gasteiger charge is 2.16. The molecule has 0 unspecified atom stereocenters. The van der Waals surface area contributed by atoms with Crippen LogP contribution in [0, 0.1) is 0 Å². The highest BCUT2D eigenvalue weighted by Crippen LogP contribution is 2.19. The van der Waals surface area contributed by atoms with Crippen LogP contribution in [-0.2, 0) is 6.54 Å². The van der Waals surface area contributed by atoms with E-state index in [1.54, 1.807) is 43.7 Å². The van der Waals surface area contributed by atoms with E-state index in [0.29, 0.717) is 17.9 Å². The maximum atomic E-state index is 12.3. The molecule has 0 aliphatic rings. The van der Waals surface area contributed by atoms with Gasteiger partial charge in [-0.1, -0.05) is 12.1 Å². The molecule has 0 bridgehead atoms. The highest BCUT2D eigenvalue weighted by atomic mass is 16.5. The Kier molecular flexibility index (Phi) is 3.67. The van der Waals surface area contributed by atoms with Crippen LogP contribution in [0.15, 0.2) is 47.3 Å². The molecule has 1 heterocycles. The lowest BCUT2D eigenvalue weighted by Gasteiger charge is -2.17. The van der Waals surface area contributed by atoms with Crippen molar-refractivity contribution in [2.75, 3.05) is 14.2 Å². The Bertz CT molecular complexity index is 520. The number of amides is 1. The van der Waals surface area contributed by atoms with Gasteiger partial charge < -0.3 is 14.1 Å². The summed E-state index contributed by atoms with van der Waals surface area (Å²) < 4.78 is 10.2. The number of hydrogen-bond donors (Lipinski definition) is 0. The van der Waals surface area contributed by atoms with E-state index in [4.69, 9.17) is 9.15 Å². The van der Waals surface area contributed by atoms with Gasteiger partial charge >= 0.3 is 0 Å². The summed E-state index contributed by atoms with van der Waals surface area (Å²) in [6.45, 7) is 0.507. The van der Waals surface area contributed by atoms with Crippen LogP contribution in [0.25, 0.3) is 0 Å². The second kappa shape index (κ2) is 5.40. The zero-order chi connectivity index (χ0) is 13.0. The Labute approximate surface area is 106 Å². The van der Waals surface area contributed by atoms with Gasteiger partial charge in [0.05, 0.1) is 25.2 Å². The number of nitrogens with zero attached hydrogens (tertiary/aromatic N) is 1. The van der Waals surface area contributed by atoms with E-state index in [9.17, 15) is 4.79 Å². The van der Waals surface area contributed by atoms with Gasteiger partial charge in [0.1, 0.15) is 5.75 Å². The van der Waals surface area contributed by atoms with Crippen molar-refractivity contribution < 1.29 is 13.9 Å². The van der Waals surface area contributed by atoms with Crippen molar-refractivity contribution in [3.63, 3.8) is 0 Å². The van der Waals surface area contributed by atoms with Crippen molar-refractivity contribution in [2.24, 2.45) is 0 Å². The molecule has 0 fully saturated rings. The van der Waals surface area contributed by atoms with Crippen LogP contribution in [0.3, 0.4) is 0 Å². The van der Waals surface area contributed by atoms with Gasteiger partial charge in [-0.25, -0.2) is 0 Å². The van der Waals surface area contributed by atoms with Crippen molar-refractivity contribution in [3.8, 4) is 5.75 Å². The van der Waals surface area contributed by atoms with Gasteiger partial charge in [-0.2, -0.15) is 0 Å². The average molecular weight is 245 g/mol. The summed E-state index contributed by atoms with van der Waals surface area (Å²) in [5.74, 6) is 0.509. The summed E-state index contributed by atoms with van der Waals surface area (Å²) in [6, 6.07) is 9.03. The predicted octanol–water partition coefficient (Wildman–Crippen LogP) is 2.56. The van der Waals surface area contributed by atoms with Gasteiger partial charge in [-0.15, -0.1) is 0 Å². The molecule has 0 spiro atoms. The highest BCUT2D eigenvalue weighted by molar-refractivity contribution is 5.96. The molecule has 1 amide bonds. The van der Waals surface area contributed by atoms with Gasteiger partial charge in [-0.3, -0.25) is 4.79 Å². The fraction of sp³-hybridized carbons (Fsp3) is 0.214. The maximum Gasteiger partial charge on any atom is 0.257 e. The molecule has 0 aliphatic heterocycles. The Hall–Kier alpha value is -2.23. The van der Waals surface area contributed by atoms with Crippen molar-refractivity contribution in [1.82, 2.24) is 4.90 Å². The topological polar surface area (TPSA) is 42.7 Å². The van der Waals surface area contributed by atoms with E-state index in [1.807, 2.05) is 18.2 Å². The van der Waals surface area contributed by atoms with Crippen molar-refractivity contribution in [3.05, 3.63) is 54.0 Å². The molecule has 0 atom stereocenters. The van der Waals surface area contributed by atoms with Crippen LogP contribution in [0.1, 0.15) is 15.9 Å². The first-order valence-corrected chi connectivity index (χ1v) is 5.62. The third-order valence-electron chi connectivity index (χ3n) is 2.68. The number of furan rings is 1. The van der Waals surface area contributed by atoms with Crippen LogP contribution in [-0.4, -0.2) is 25.0 Å². The maximum absolute atomic E-state index is 12.3. The van der Waals surface area contributed by atoms with Crippen molar-refractivity contribution in [2.45, 2.75) is 6.54 Å². The van der Waals surface area contributed by atoms with Gasteiger partial charge in [0, 0.05) is 19.2 Å². The minimum Gasteiger partial charge on any atom is -0.496 e. The predicted molar refractivity (Wildman–Crippen MR) is 67.5 cm³/mol. The Morgan fingerprint density at radius 2 is 2.11 bits per heavy atom. The summed E-state index contributed by atoms with van der Waals surface area (Å²) >= 11 is 0. The molecule has 0 saturated carbocycles. The zero-order valence-electron chi connectivity index (χ0n) is 10.4. The lowest BCUT2D eigenvalue weighted by molar-refractivity contribution is 0.0781. The molecule has 2 rings (SSSR count). The molecule has 1 aromatic heterocycles. The van der Waals surface area contributed by atoms with E-state index >= 15 is 0 Å². The Balaban J connectivity index is 2.15. The molecular formula is C14H15NO3. The summed E-state index contributed by atoms with van der Waals surface area (Å²) in [5, 5.41) is 0. The molecule has 0 saturated heterocycles. The number of carbonyl (C=O) groups is 1. The number of para-hydroxylation sites is 1. The quantitative estimate of drug-likeness (QED) is 0.831. The summed E-state index contributed by atoms with van der Waals surface area (Å²) in [5.41, 5.74) is 1.52. The molecule has 1 aromatic carbocycles. The number of rotatable bonds is 4. The number of ether oxygens (including phenoxy) is 1. The molecule has 0 aliphatic carbocycles. The van der Waals surface area contributed by atoms with E-state index in [0.717, 1.165) is 5.56 Å². The van der Waals surface area contributed by atoms with Gasteiger partial charge in [0.15, 0.2) is 0 Å². The Morgan fingerprint density at radius 3 is 2.78 bits per heavy atom. The smallest absolute Gasteiger partial charge is 0.257 e. The van der Waals surface area contributed by atoms with Crippen LogP contribution >= 0.6 is 0 Å². The molecule has 4 nitrogen and oxygen atoms in total. The van der Waals surface area contributed by atoms with E-state index < -0.39 is 0 Å². The van der Waals surface area contributed by atoms with Crippen LogP contribution in [0.5, 0.6) is 5.75 Å². The van der Waals surface area contributed by atoms with Gasteiger partial charge in [0.25, 0.3) is 5.91 Å². The minimum absolute atomic E-state index is 0.0753. The second-order valence-electron chi connectivity index (χ2n) is 3.99. The normalized spacial score (nSPS) is 10.1. The standard InChI is InChI=1S/C14H15NO3/c1-15(9-11-7-8-18-10-11)14(16)12-5-3-4-6-13(12)17-2/h3-8,10H,9H2,1-2H3. The first kappa shape index (κ1) is 12.2. The third kappa shape index (κ3) is 2.53. The summed E-state index contributed by atoms with van der Waals surface area (Å²) in [4.78, 5) is 13.9. The molecule has 4 heteroatoms. The fourth-order valence-electron chi connectivity index (χ4n) is 1.76. The van der Waals surface area contributed by atoms with Crippen LogP contribution in [0.4, 0.5) is 0 Å². The second-order valence-corrected chi connectivity index (χ2v) is 3.99. The van der Waals surface area contributed by atoms with Crippen molar-refractivity contribution in [1.29, 1.82) is 0 Å². The Morgan fingerprint density at radius 1 is 1.33 bits per heavy atom. The zero-order valence-corrected chi connectivity index (χ0v) is 10.4. The molecule has 0 radical (unpaired) electrons. The average Bonchev–Trinajstić information content (AvgIpc) is 2.90. The molecule has 0 N–H and O–H groups in total. The summed E-state index contributed by atoms with van der Waals surface area (Å²) in [7, 11) is 3.31. The number of hydrogen-bond acceptors (Lipinski definition) is 3. The lowest BCUT2D eigenvalue weighted by atomic mass is 10.1. The van der Waals surface area contributed by atoms with Crippen LogP contribution in [0.2, 0.25) is 0 Å². The number of methoxy groups -OCH3 is 1. The monoisotopic (exact) mass is 245 g/mol.